The second-order valence-electron chi connectivity index (χ2n) is 4.27. The van der Waals surface area contributed by atoms with Crippen LogP contribution in [0.5, 0.6) is 5.75 Å². The van der Waals surface area contributed by atoms with Gasteiger partial charge < -0.3 is 10.5 Å². The van der Waals surface area contributed by atoms with Gasteiger partial charge in [0.2, 0.25) is 0 Å². The normalized spacial score (nSPS) is 13.6. The molecule has 100 valence electrons. The molecule has 3 rings (SSSR count). The van der Waals surface area contributed by atoms with Crippen LogP contribution in [-0.4, -0.2) is 23.9 Å². The summed E-state index contributed by atoms with van der Waals surface area (Å²) >= 11 is 0. The topological polar surface area (TPSA) is 85.5 Å². The van der Waals surface area contributed by atoms with Crippen LogP contribution in [-0.2, 0) is 0 Å². The minimum absolute atomic E-state index is 0.159. The van der Waals surface area contributed by atoms with Crippen molar-refractivity contribution in [3.8, 4) is 5.75 Å². The fourth-order valence-corrected chi connectivity index (χ4v) is 2.16. The molecular weight excluding hydrogens is 258 g/mol. The molecule has 2 aromatic rings. The summed E-state index contributed by atoms with van der Waals surface area (Å²) in [6, 6.07) is 7.95. The van der Waals surface area contributed by atoms with E-state index in [1.54, 1.807) is 24.3 Å². The number of methoxy groups -OCH3 is 1. The second-order valence-corrected chi connectivity index (χ2v) is 4.27. The number of aromatic nitrogens is 1. The maximum absolute atomic E-state index is 12.3. The third kappa shape index (κ3) is 1.62. The maximum Gasteiger partial charge on any atom is 0.284 e. The number of rotatable bonds is 2. The molecule has 0 bridgehead atoms. The number of anilines is 2. The first kappa shape index (κ1) is 12.2. The first-order chi connectivity index (χ1) is 9.63. The Morgan fingerprint density at radius 3 is 2.65 bits per heavy atom. The van der Waals surface area contributed by atoms with Crippen LogP contribution in [0.2, 0.25) is 0 Å². The number of ether oxygens (including phenoxy) is 1. The minimum Gasteiger partial charge on any atom is -0.495 e. The highest BCUT2D eigenvalue weighted by Gasteiger charge is 2.37. The highest BCUT2D eigenvalue weighted by molar-refractivity contribution is 6.33. The molecular formula is C14H11N3O3. The maximum atomic E-state index is 12.3. The number of imide groups is 1. The van der Waals surface area contributed by atoms with Gasteiger partial charge in [0, 0.05) is 6.20 Å². The zero-order valence-corrected chi connectivity index (χ0v) is 10.7. The van der Waals surface area contributed by atoms with Crippen LogP contribution in [0.25, 0.3) is 0 Å². The average molecular weight is 269 g/mol. The molecule has 6 nitrogen and oxygen atoms in total. The Bertz CT molecular complexity index is 692. The summed E-state index contributed by atoms with van der Waals surface area (Å²) < 4.78 is 5.05. The summed E-state index contributed by atoms with van der Waals surface area (Å²) in [5.74, 6) is -0.360. The third-order valence-corrected chi connectivity index (χ3v) is 3.12. The van der Waals surface area contributed by atoms with Gasteiger partial charge in [-0.05, 0) is 30.3 Å². The summed E-state index contributed by atoms with van der Waals surface area (Å²) in [5.41, 5.74) is 7.02. The van der Waals surface area contributed by atoms with Gasteiger partial charge in [0.1, 0.15) is 11.4 Å². The van der Waals surface area contributed by atoms with Gasteiger partial charge in [0.15, 0.2) is 0 Å². The van der Waals surface area contributed by atoms with Gasteiger partial charge >= 0.3 is 0 Å². The number of amides is 2. The molecule has 2 amide bonds. The van der Waals surface area contributed by atoms with Gasteiger partial charge in [-0.15, -0.1) is 0 Å². The number of hydrogen-bond acceptors (Lipinski definition) is 5. The monoisotopic (exact) mass is 269 g/mol. The van der Waals surface area contributed by atoms with Crippen LogP contribution in [0, 0.1) is 0 Å². The summed E-state index contributed by atoms with van der Waals surface area (Å²) in [6.07, 6.45) is 1.48. The summed E-state index contributed by atoms with van der Waals surface area (Å²) in [4.78, 5) is 29.5. The highest BCUT2D eigenvalue weighted by atomic mass is 16.5. The molecule has 1 aromatic heterocycles. The van der Waals surface area contributed by atoms with E-state index in [1.807, 2.05) is 0 Å². The lowest BCUT2D eigenvalue weighted by atomic mass is 10.2. The molecule has 1 aliphatic heterocycles. The standard InChI is InChI=1S/C14H11N3O3/c1-20-11-5-4-8(7-10(11)15)17-13(18)9-3-2-6-16-12(9)14(17)19/h2-7H,15H2,1H3. The van der Waals surface area contributed by atoms with E-state index >= 15 is 0 Å². The Morgan fingerprint density at radius 2 is 2.00 bits per heavy atom. The Labute approximate surface area is 114 Å². The second kappa shape index (κ2) is 4.34. The van der Waals surface area contributed by atoms with Crippen LogP contribution in [0.3, 0.4) is 0 Å². The van der Waals surface area contributed by atoms with E-state index in [9.17, 15) is 9.59 Å². The highest BCUT2D eigenvalue weighted by Crippen LogP contribution is 2.31. The van der Waals surface area contributed by atoms with E-state index in [-0.39, 0.29) is 5.69 Å². The summed E-state index contributed by atoms with van der Waals surface area (Å²) in [7, 11) is 1.50. The van der Waals surface area contributed by atoms with Gasteiger partial charge in [-0.25, -0.2) is 4.90 Å². The van der Waals surface area contributed by atoms with Gasteiger partial charge in [-0.2, -0.15) is 0 Å². The molecule has 0 spiro atoms. The number of nitrogens with two attached hydrogens (primary N) is 1. The first-order valence-corrected chi connectivity index (χ1v) is 5.91. The van der Waals surface area contributed by atoms with Crippen molar-refractivity contribution < 1.29 is 14.3 Å². The Morgan fingerprint density at radius 1 is 1.20 bits per heavy atom. The fourth-order valence-electron chi connectivity index (χ4n) is 2.16. The molecule has 1 aliphatic rings. The van der Waals surface area contributed by atoms with E-state index < -0.39 is 11.8 Å². The van der Waals surface area contributed by atoms with Crippen LogP contribution in [0.15, 0.2) is 36.5 Å². The van der Waals surface area contributed by atoms with Crippen molar-refractivity contribution in [2.45, 2.75) is 0 Å². The van der Waals surface area contributed by atoms with Crippen LogP contribution >= 0.6 is 0 Å². The molecule has 2 N–H and O–H groups in total. The summed E-state index contributed by atoms with van der Waals surface area (Å²) in [6.45, 7) is 0. The van der Waals surface area contributed by atoms with Crippen molar-refractivity contribution in [3.63, 3.8) is 0 Å². The first-order valence-electron chi connectivity index (χ1n) is 5.91. The van der Waals surface area contributed by atoms with Crippen LogP contribution in [0.1, 0.15) is 20.8 Å². The Hall–Kier alpha value is -2.89. The molecule has 0 saturated heterocycles. The minimum atomic E-state index is -0.449. The molecule has 0 radical (unpaired) electrons. The van der Waals surface area contributed by atoms with Crippen molar-refractivity contribution in [1.29, 1.82) is 0 Å². The van der Waals surface area contributed by atoms with Gasteiger partial charge in [0.25, 0.3) is 11.8 Å². The zero-order valence-electron chi connectivity index (χ0n) is 10.7. The van der Waals surface area contributed by atoms with Crippen molar-refractivity contribution in [2.75, 3.05) is 17.7 Å². The Kier molecular flexibility index (Phi) is 2.64. The van der Waals surface area contributed by atoms with E-state index in [4.69, 9.17) is 10.5 Å². The average Bonchev–Trinajstić information content (AvgIpc) is 2.71. The van der Waals surface area contributed by atoms with Crippen molar-refractivity contribution in [2.24, 2.45) is 0 Å². The number of carbonyl (C=O) groups is 2. The third-order valence-electron chi connectivity index (χ3n) is 3.12. The summed E-state index contributed by atoms with van der Waals surface area (Å²) in [5, 5.41) is 0. The molecule has 0 unspecified atom stereocenters. The lowest BCUT2D eigenvalue weighted by Gasteiger charge is -2.15. The molecule has 0 atom stereocenters. The quantitative estimate of drug-likeness (QED) is 0.659. The molecule has 0 saturated carbocycles. The van der Waals surface area contributed by atoms with Crippen LogP contribution < -0.4 is 15.4 Å². The molecule has 1 aromatic carbocycles. The number of benzene rings is 1. The number of hydrogen-bond donors (Lipinski definition) is 1. The lowest BCUT2D eigenvalue weighted by Crippen LogP contribution is -2.29. The largest absolute Gasteiger partial charge is 0.495 e. The van der Waals surface area contributed by atoms with E-state index in [1.165, 1.54) is 19.4 Å². The molecule has 0 fully saturated rings. The number of nitrogens with zero attached hydrogens (tertiary/aromatic N) is 2. The number of nitrogen functional groups attached to an aromatic ring is 1. The lowest BCUT2D eigenvalue weighted by molar-refractivity contribution is 0.0924. The Balaban J connectivity index is 2.07. The van der Waals surface area contributed by atoms with Gasteiger partial charge in [-0.3, -0.25) is 14.6 Å². The predicted octanol–water partition coefficient (Wildman–Crippen LogP) is 1.47. The zero-order chi connectivity index (χ0) is 14.3. The number of pyridine rings is 1. The van der Waals surface area contributed by atoms with Crippen LogP contribution in [0.4, 0.5) is 11.4 Å². The van der Waals surface area contributed by atoms with Crippen molar-refractivity contribution >= 4 is 23.2 Å². The molecule has 2 heterocycles. The molecule has 6 heteroatoms. The van der Waals surface area contributed by atoms with Gasteiger partial charge in [-0.1, -0.05) is 0 Å². The van der Waals surface area contributed by atoms with Gasteiger partial charge in [0.05, 0.1) is 24.0 Å². The fraction of sp³-hybridized carbons (Fsp3) is 0.0714. The number of carbonyl (C=O) groups excluding carboxylic acids is 2. The SMILES string of the molecule is COc1ccc(N2C(=O)c3cccnc3C2=O)cc1N. The smallest absolute Gasteiger partial charge is 0.284 e. The van der Waals surface area contributed by atoms with E-state index in [0.717, 1.165) is 4.90 Å². The molecule has 0 aliphatic carbocycles. The van der Waals surface area contributed by atoms with E-state index in [0.29, 0.717) is 22.7 Å². The van der Waals surface area contributed by atoms with Crippen molar-refractivity contribution in [1.82, 2.24) is 4.98 Å². The van der Waals surface area contributed by atoms with Crippen molar-refractivity contribution in [3.05, 3.63) is 47.8 Å². The van der Waals surface area contributed by atoms with E-state index in [2.05, 4.69) is 4.98 Å². The molecule has 20 heavy (non-hydrogen) atoms. The predicted molar refractivity (Wildman–Crippen MR) is 72.8 cm³/mol. The number of fused-ring (bicyclic) bond motifs is 1.